The summed E-state index contributed by atoms with van der Waals surface area (Å²) in [5, 5.41) is 6.76. The lowest BCUT2D eigenvalue weighted by atomic mass is 9.96. The van der Waals surface area contributed by atoms with Gasteiger partial charge in [0.1, 0.15) is 23.0 Å². The SMILES string of the molecule is C1=Cc2c(oc3ccccc23)C(c2ccc(N(c3ccc(-c4cccc5c4oc4ncccc45)cc3)c3cc(-c4ccccc4)cc(-c4ccccc4)c3)cc2)N1. The number of rotatable bonds is 7. The van der Waals surface area contributed by atoms with Gasteiger partial charge in [-0.25, -0.2) is 4.98 Å². The van der Waals surface area contributed by atoms with Crippen LogP contribution in [0, 0.1) is 0 Å². The average Bonchev–Trinajstić information content (AvgIpc) is 3.87. The minimum absolute atomic E-state index is 0.110. The van der Waals surface area contributed by atoms with E-state index in [0.29, 0.717) is 5.71 Å². The van der Waals surface area contributed by atoms with Crippen molar-refractivity contribution in [2.24, 2.45) is 0 Å². The van der Waals surface area contributed by atoms with Crippen molar-refractivity contribution in [3.8, 4) is 33.4 Å². The van der Waals surface area contributed by atoms with Crippen LogP contribution in [-0.2, 0) is 0 Å². The van der Waals surface area contributed by atoms with Crippen molar-refractivity contribution in [3.63, 3.8) is 0 Å². The smallest absolute Gasteiger partial charge is 0.227 e. The summed E-state index contributed by atoms with van der Waals surface area (Å²) in [6, 6.07) is 64.2. The van der Waals surface area contributed by atoms with Crippen LogP contribution in [0.25, 0.3) is 72.5 Å². The summed E-state index contributed by atoms with van der Waals surface area (Å²) in [5.74, 6) is 0.928. The number of aromatic nitrogens is 1. The normalized spacial score (nSPS) is 13.5. The zero-order valence-electron chi connectivity index (χ0n) is 30.8. The van der Waals surface area contributed by atoms with Crippen molar-refractivity contribution in [2.45, 2.75) is 6.04 Å². The largest absolute Gasteiger partial charge is 0.458 e. The molecule has 0 aliphatic carbocycles. The Morgan fingerprint density at radius 2 is 1.14 bits per heavy atom. The minimum Gasteiger partial charge on any atom is -0.458 e. The molecule has 10 aromatic rings. The van der Waals surface area contributed by atoms with Gasteiger partial charge in [-0.05, 0) is 106 Å². The van der Waals surface area contributed by atoms with Gasteiger partial charge in [-0.15, -0.1) is 0 Å². The summed E-state index contributed by atoms with van der Waals surface area (Å²) in [5.41, 5.74) is 14.5. The summed E-state index contributed by atoms with van der Waals surface area (Å²) >= 11 is 0. The Morgan fingerprint density at radius 1 is 0.491 bits per heavy atom. The van der Waals surface area contributed by atoms with Crippen molar-refractivity contribution in [3.05, 3.63) is 211 Å². The molecule has 0 radical (unpaired) electrons. The van der Waals surface area contributed by atoms with Crippen molar-refractivity contribution in [1.29, 1.82) is 0 Å². The molecule has 4 heterocycles. The first-order chi connectivity index (χ1) is 28.2. The standard InChI is InChI=1S/C52H35N3O2/c1-3-11-34(12-4-1)38-31-39(35-13-5-2-6-14-35)33-42(32-38)55(40-24-20-36(21-25-40)43-16-9-17-45-47-18-10-29-54-52(47)57-50(43)45)41-26-22-37(23-27-41)49-51-46(28-30-53-49)44-15-7-8-19-48(44)56-51/h1-33,49,53H. The second kappa shape index (κ2) is 13.6. The van der Waals surface area contributed by atoms with Crippen LogP contribution in [0.5, 0.6) is 0 Å². The first kappa shape index (κ1) is 32.8. The van der Waals surface area contributed by atoms with E-state index in [0.717, 1.165) is 94.7 Å². The second-order valence-electron chi connectivity index (χ2n) is 14.4. The van der Waals surface area contributed by atoms with E-state index in [2.05, 4.69) is 185 Å². The third-order valence-electron chi connectivity index (χ3n) is 11.0. The van der Waals surface area contributed by atoms with Crippen LogP contribution in [0.1, 0.15) is 22.9 Å². The molecule has 1 aliphatic rings. The molecule has 1 aliphatic heterocycles. The molecule has 1 unspecified atom stereocenters. The molecular weight excluding hydrogens is 699 g/mol. The summed E-state index contributed by atoms with van der Waals surface area (Å²) in [6.45, 7) is 0. The molecule has 0 spiro atoms. The van der Waals surface area contributed by atoms with Crippen molar-refractivity contribution >= 4 is 56.2 Å². The van der Waals surface area contributed by atoms with E-state index in [9.17, 15) is 0 Å². The Kier molecular flexibility index (Phi) is 7.81. The Balaban J connectivity index is 1.05. The van der Waals surface area contributed by atoms with E-state index >= 15 is 0 Å². The van der Waals surface area contributed by atoms with Crippen LogP contribution in [0.2, 0.25) is 0 Å². The Bertz CT molecular complexity index is 3030. The van der Waals surface area contributed by atoms with Crippen LogP contribution in [0.4, 0.5) is 17.1 Å². The van der Waals surface area contributed by atoms with Crippen LogP contribution in [0.3, 0.4) is 0 Å². The molecule has 0 bridgehead atoms. The van der Waals surface area contributed by atoms with E-state index in [1.165, 1.54) is 0 Å². The second-order valence-corrected chi connectivity index (χ2v) is 14.4. The van der Waals surface area contributed by atoms with Crippen LogP contribution in [-0.4, -0.2) is 4.98 Å². The van der Waals surface area contributed by atoms with Crippen molar-refractivity contribution < 1.29 is 8.83 Å². The molecule has 5 heteroatoms. The lowest BCUT2D eigenvalue weighted by Gasteiger charge is -2.28. The number of anilines is 3. The van der Waals surface area contributed by atoms with Gasteiger partial charge < -0.3 is 19.1 Å². The van der Waals surface area contributed by atoms with Crippen molar-refractivity contribution in [2.75, 3.05) is 4.90 Å². The van der Waals surface area contributed by atoms with Gasteiger partial charge in [0.05, 0.1) is 0 Å². The van der Waals surface area contributed by atoms with Gasteiger partial charge in [0.25, 0.3) is 0 Å². The predicted octanol–water partition coefficient (Wildman–Crippen LogP) is 13.9. The monoisotopic (exact) mass is 733 g/mol. The topological polar surface area (TPSA) is 54.4 Å². The van der Waals surface area contributed by atoms with Crippen LogP contribution >= 0.6 is 0 Å². The average molecular weight is 734 g/mol. The van der Waals surface area contributed by atoms with Crippen LogP contribution in [0.15, 0.2) is 203 Å². The van der Waals surface area contributed by atoms with E-state index in [1.54, 1.807) is 6.20 Å². The number of nitrogens with one attached hydrogen (secondary N) is 1. The first-order valence-electron chi connectivity index (χ1n) is 19.2. The molecule has 0 saturated heterocycles. The highest BCUT2D eigenvalue weighted by Gasteiger charge is 2.26. The van der Waals surface area contributed by atoms with E-state index in [-0.39, 0.29) is 6.04 Å². The van der Waals surface area contributed by atoms with Gasteiger partial charge in [0, 0.05) is 50.5 Å². The number of hydrogen-bond acceptors (Lipinski definition) is 5. The molecule has 270 valence electrons. The highest BCUT2D eigenvalue weighted by molar-refractivity contribution is 6.08. The lowest BCUT2D eigenvalue weighted by molar-refractivity contribution is 0.495. The number of benzene rings is 7. The van der Waals surface area contributed by atoms with E-state index < -0.39 is 0 Å². The third kappa shape index (κ3) is 5.76. The molecule has 1 atom stereocenters. The summed E-state index contributed by atoms with van der Waals surface area (Å²) in [7, 11) is 0. The maximum atomic E-state index is 6.44. The molecule has 0 amide bonds. The molecule has 5 nitrogen and oxygen atoms in total. The number of para-hydroxylation sites is 2. The quantitative estimate of drug-likeness (QED) is 0.177. The minimum atomic E-state index is -0.110. The van der Waals surface area contributed by atoms with Gasteiger partial charge in [-0.1, -0.05) is 121 Å². The van der Waals surface area contributed by atoms with Gasteiger partial charge in [0.2, 0.25) is 5.71 Å². The number of furan rings is 2. The molecular formula is C52H35N3O2. The maximum Gasteiger partial charge on any atom is 0.227 e. The zero-order chi connectivity index (χ0) is 37.7. The van der Waals surface area contributed by atoms with E-state index in [4.69, 9.17) is 8.83 Å². The molecule has 57 heavy (non-hydrogen) atoms. The summed E-state index contributed by atoms with van der Waals surface area (Å²) in [4.78, 5) is 6.83. The molecule has 0 fully saturated rings. The maximum absolute atomic E-state index is 6.44. The molecule has 7 aromatic carbocycles. The summed E-state index contributed by atoms with van der Waals surface area (Å²) in [6.07, 6.45) is 5.90. The number of nitrogens with zero attached hydrogens (tertiary/aromatic N) is 2. The number of pyridine rings is 1. The lowest BCUT2D eigenvalue weighted by Crippen LogP contribution is -2.20. The van der Waals surface area contributed by atoms with E-state index in [1.807, 2.05) is 24.4 Å². The Morgan fingerprint density at radius 3 is 1.88 bits per heavy atom. The zero-order valence-corrected chi connectivity index (χ0v) is 30.8. The highest BCUT2D eigenvalue weighted by Crippen LogP contribution is 2.43. The fourth-order valence-corrected chi connectivity index (χ4v) is 8.27. The Labute approximate surface area is 329 Å². The van der Waals surface area contributed by atoms with Gasteiger partial charge >= 0.3 is 0 Å². The Hall–Kier alpha value is -7.63. The third-order valence-corrected chi connectivity index (χ3v) is 11.0. The van der Waals surface area contributed by atoms with Crippen molar-refractivity contribution in [1.82, 2.24) is 10.3 Å². The highest BCUT2D eigenvalue weighted by atomic mass is 16.3. The number of hydrogen-bond donors (Lipinski definition) is 1. The van der Waals surface area contributed by atoms with Crippen LogP contribution < -0.4 is 10.2 Å². The predicted molar refractivity (Wildman–Crippen MR) is 233 cm³/mol. The van der Waals surface area contributed by atoms with Gasteiger partial charge in [-0.3, -0.25) is 0 Å². The molecule has 11 rings (SSSR count). The number of fused-ring (bicyclic) bond motifs is 6. The molecule has 3 aromatic heterocycles. The first-order valence-corrected chi connectivity index (χ1v) is 19.2. The van der Waals surface area contributed by atoms with Gasteiger partial charge in [-0.2, -0.15) is 0 Å². The van der Waals surface area contributed by atoms with Gasteiger partial charge in [0.15, 0.2) is 0 Å². The fourth-order valence-electron chi connectivity index (χ4n) is 8.27. The molecule has 1 N–H and O–H groups in total. The molecule has 0 saturated carbocycles. The summed E-state index contributed by atoms with van der Waals surface area (Å²) < 4.78 is 12.8. The fraction of sp³-hybridized carbons (Fsp3) is 0.0192.